The van der Waals surface area contributed by atoms with Crippen LogP contribution in [-0.2, 0) is 23.1 Å². The second-order valence-electron chi connectivity index (χ2n) is 5.90. The SMILES string of the molecule is CS(=O)(=O)n1cc(-c2ccc(Cn3cnn(CC(CN)=C(F)F)c3=O)s2)cn1. The predicted octanol–water partition coefficient (Wildman–Crippen LogP) is 0.935. The van der Waals surface area contributed by atoms with Crippen molar-refractivity contribution in [2.75, 3.05) is 12.8 Å². The summed E-state index contributed by atoms with van der Waals surface area (Å²) in [5.74, 6) is 0. The molecule has 0 fully saturated rings. The fraction of sp³-hybridized carbons (Fsp3) is 0.267. The zero-order valence-corrected chi connectivity index (χ0v) is 16.3. The topological polar surface area (TPSA) is 118 Å². The third-order valence-electron chi connectivity index (χ3n) is 3.82. The van der Waals surface area contributed by atoms with Crippen molar-refractivity contribution >= 4 is 21.4 Å². The minimum atomic E-state index is -3.47. The summed E-state index contributed by atoms with van der Waals surface area (Å²) in [6.45, 7) is -0.536. The van der Waals surface area contributed by atoms with Gasteiger partial charge in [0.25, 0.3) is 16.1 Å². The smallest absolute Gasteiger partial charge is 0.327 e. The summed E-state index contributed by atoms with van der Waals surface area (Å²) < 4.78 is 51.5. The predicted molar refractivity (Wildman–Crippen MR) is 99.7 cm³/mol. The van der Waals surface area contributed by atoms with Crippen molar-refractivity contribution in [3.63, 3.8) is 0 Å². The molecule has 0 atom stereocenters. The molecule has 2 N–H and O–H groups in total. The van der Waals surface area contributed by atoms with Gasteiger partial charge < -0.3 is 5.73 Å². The number of nitrogens with zero attached hydrogens (tertiary/aromatic N) is 5. The van der Waals surface area contributed by atoms with Crippen molar-refractivity contribution in [1.29, 1.82) is 0 Å². The molecule has 0 aliphatic heterocycles. The van der Waals surface area contributed by atoms with Gasteiger partial charge in [-0.1, -0.05) is 0 Å². The van der Waals surface area contributed by atoms with Crippen LogP contribution in [0.3, 0.4) is 0 Å². The number of aromatic nitrogens is 5. The molecule has 0 aliphatic rings. The van der Waals surface area contributed by atoms with E-state index in [4.69, 9.17) is 5.73 Å². The summed E-state index contributed by atoms with van der Waals surface area (Å²) in [4.78, 5) is 13.9. The summed E-state index contributed by atoms with van der Waals surface area (Å²) in [6, 6.07) is 3.57. The Balaban J connectivity index is 1.78. The van der Waals surface area contributed by atoms with Gasteiger partial charge in [0.15, 0.2) is 0 Å². The molecule has 0 radical (unpaired) electrons. The molecule has 9 nitrogen and oxygen atoms in total. The molecule has 0 aliphatic carbocycles. The number of nitrogens with two attached hydrogens (primary N) is 1. The molecule has 0 aromatic carbocycles. The summed E-state index contributed by atoms with van der Waals surface area (Å²) in [5.41, 5.74) is 5.00. The van der Waals surface area contributed by atoms with Crippen LogP contribution in [0.25, 0.3) is 10.4 Å². The molecule has 3 heterocycles. The first-order valence-corrected chi connectivity index (χ1v) is 10.5. The van der Waals surface area contributed by atoms with Gasteiger partial charge in [0.05, 0.1) is 31.7 Å². The van der Waals surface area contributed by atoms with Crippen LogP contribution in [0.1, 0.15) is 4.88 Å². The van der Waals surface area contributed by atoms with Crippen LogP contribution in [0.5, 0.6) is 0 Å². The van der Waals surface area contributed by atoms with Crippen LogP contribution < -0.4 is 11.4 Å². The molecule has 0 bridgehead atoms. The highest BCUT2D eigenvalue weighted by molar-refractivity contribution is 7.89. The fourth-order valence-corrected chi connectivity index (χ4v) is 3.88. The molecule has 0 unspecified atom stereocenters. The zero-order chi connectivity index (χ0) is 20.5. The number of thiophene rings is 1. The highest BCUT2D eigenvalue weighted by Gasteiger charge is 2.13. The van der Waals surface area contributed by atoms with Crippen molar-refractivity contribution in [1.82, 2.24) is 23.5 Å². The standard InChI is InChI=1S/C15H16F2N6O3S2/c1-28(25,26)23-7-11(5-19-23)13-3-2-12(27-13)8-21-9-20-22(15(21)24)6-10(4-18)14(16)17/h2-3,5,7,9H,4,6,8,18H2,1H3. The van der Waals surface area contributed by atoms with E-state index in [0.29, 0.717) is 5.56 Å². The van der Waals surface area contributed by atoms with Crippen molar-refractivity contribution in [3.05, 3.63) is 57.9 Å². The van der Waals surface area contributed by atoms with Gasteiger partial charge in [-0.25, -0.2) is 17.9 Å². The molecule has 0 saturated carbocycles. The minimum Gasteiger partial charge on any atom is -0.327 e. The van der Waals surface area contributed by atoms with E-state index in [1.807, 2.05) is 0 Å². The maximum absolute atomic E-state index is 12.7. The van der Waals surface area contributed by atoms with Gasteiger partial charge >= 0.3 is 5.69 Å². The fourth-order valence-electron chi connectivity index (χ4n) is 2.37. The average molecular weight is 430 g/mol. The lowest BCUT2D eigenvalue weighted by Gasteiger charge is -2.02. The van der Waals surface area contributed by atoms with Crippen molar-refractivity contribution in [2.24, 2.45) is 5.73 Å². The van der Waals surface area contributed by atoms with Gasteiger partial charge in [-0.05, 0) is 12.1 Å². The van der Waals surface area contributed by atoms with Crippen molar-refractivity contribution < 1.29 is 17.2 Å². The summed E-state index contributed by atoms with van der Waals surface area (Å²) in [6.07, 6.45) is 3.25. The normalized spacial score (nSPS) is 11.7. The third-order valence-corrected chi connectivity index (χ3v) is 5.82. The molecular weight excluding hydrogens is 414 g/mol. The van der Waals surface area contributed by atoms with Gasteiger partial charge in [-0.15, -0.1) is 11.3 Å². The first kappa shape index (κ1) is 20.1. The number of halogens is 2. The Morgan fingerprint density at radius 3 is 2.64 bits per heavy atom. The molecule has 3 aromatic heterocycles. The maximum Gasteiger partial charge on any atom is 0.346 e. The molecule has 3 rings (SSSR count). The minimum absolute atomic E-state index is 0.198. The summed E-state index contributed by atoms with van der Waals surface area (Å²) in [7, 11) is -3.47. The Kier molecular flexibility index (Phi) is 5.58. The molecule has 13 heteroatoms. The highest BCUT2D eigenvalue weighted by Crippen LogP contribution is 2.28. The lowest BCUT2D eigenvalue weighted by atomic mass is 10.3. The van der Waals surface area contributed by atoms with E-state index in [2.05, 4.69) is 10.2 Å². The van der Waals surface area contributed by atoms with Gasteiger partial charge in [-0.3, -0.25) is 4.57 Å². The van der Waals surface area contributed by atoms with E-state index in [1.54, 1.807) is 12.1 Å². The highest BCUT2D eigenvalue weighted by atomic mass is 32.2. The van der Waals surface area contributed by atoms with Crippen LogP contribution in [0.4, 0.5) is 8.78 Å². The Hall–Kier alpha value is -2.64. The summed E-state index contributed by atoms with van der Waals surface area (Å²) in [5, 5.41) is 7.66. The Bertz CT molecular complexity index is 1180. The molecule has 0 amide bonds. The molecule has 150 valence electrons. The largest absolute Gasteiger partial charge is 0.346 e. The average Bonchev–Trinajstić information content (AvgIpc) is 3.34. The van der Waals surface area contributed by atoms with Crippen molar-refractivity contribution in [3.8, 4) is 10.4 Å². The lowest BCUT2D eigenvalue weighted by molar-refractivity contribution is 0.400. The first-order valence-electron chi connectivity index (χ1n) is 7.88. The Labute approximate surface area is 162 Å². The van der Waals surface area contributed by atoms with Crippen LogP contribution in [0.2, 0.25) is 0 Å². The van der Waals surface area contributed by atoms with Gasteiger partial charge in [-0.2, -0.15) is 23.1 Å². The van der Waals surface area contributed by atoms with Gasteiger partial charge in [0.1, 0.15) is 6.33 Å². The number of hydrogen-bond donors (Lipinski definition) is 1. The quantitative estimate of drug-likeness (QED) is 0.596. The Morgan fingerprint density at radius 1 is 1.29 bits per heavy atom. The third kappa shape index (κ3) is 4.26. The van der Waals surface area contributed by atoms with Crippen molar-refractivity contribution in [2.45, 2.75) is 13.1 Å². The first-order chi connectivity index (χ1) is 13.2. The van der Waals surface area contributed by atoms with Crippen LogP contribution in [0.15, 0.2) is 47.3 Å². The van der Waals surface area contributed by atoms with E-state index < -0.39 is 21.8 Å². The Morgan fingerprint density at radius 2 is 2.04 bits per heavy atom. The van der Waals surface area contributed by atoms with Crippen LogP contribution in [-0.4, -0.2) is 44.8 Å². The van der Waals surface area contributed by atoms with E-state index >= 15 is 0 Å². The van der Waals surface area contributed by atoms with E-state index in [9.17, 15) is 22.0 Å². The lowest BCUT2D eigenvalue weighted by Crippen LogP contribution is -2.27. The van der Waals surface area contributed by atoms with E-state index in [0.717, 1.165) is 24.8 Å². The second kappa shape index (κ2) is 7.77. The second-order valence-corrected chi connectivity index (χ2v) is 8.91. The summed E-state index contributed by atoms with van der Waals surface area (Å²) >= 11 is 1.35. The molecular formula is C15H16F2N6O3S2. The number of hydrogen-bond acceptors (Lipinski definition) is 7. The molecule has 0 spiro atoms. The van der Waals surface area contributed by atoms with E-state index in [-0.39, 0.29) is 25.2 Å². The van der Waals surface area contributed by atoms with Gasteiger partial charge in [0, 0.05) is 27.4 Å². The number of rotatable bonds is 7. The van der Waals surface area contributed by atoms with E-state index in [1.165, 1.54) is 34.6 Å². The van der Waals surface area contributed by atoms with Crippen LogP contribution >= 0.6 is 11.3 Å². The maximum atomic E-state index is 12.7. The molecule has 3 aromatic rings. The molecule has 0 saturated heterocycles. The van der Waals surface area contributed by atoms with Gasteiger partial charge in [0.2, 0.25) is 0 Å². The van der Waals surface area contributed by atoms with Crippen LogP contribution in [0, 0.1) is 0 Å². The molecule has 28 heavy (non-hydrogen) atoms. The zero-order valence-electron chi connectivity index (χ0n) is 14.6. The monoisotopic (exact) mass is 430 g/mol.